The van der Waals surface area contributed by atoms with E-state index in [0.29, 0.717) is 13.2 Å². The Bertz CT molecular complexity index is 830. The molecule has 3 heterocycles. The average molecular weight is 363 g/mol. The summed E-state index contributed by atoms with van der Waals surface area (Å²) in [7, 11) is 0. The van der Waals surface area contributed by atoms with Crippen molar-refractivity contribution in [3.8, 4) is 11.8 Å². The molecule has 3 aliphatic rings. The summed E-state index contributed by atoms with van der Waals surface area (Å²) in [4.78, 5) is 14.5. The molecule has 0 amide bonds. The van der Waals surface area contributed by atoms with Crippen molar-refractivity contribution in [3.05, 3.63) is 59.2 Å². The number of fused-ring (bicyclic) bond motifs is 3. The first-order chi connectivity index (χ1) is 13.2. The molecule has 4 rings (SSSR count). The van der Waals surface area contributed by atoms with Crippen molar-refractivity contribution in [2.24, 2.45) is 0 Å². The fourth-order valence-electron chi connectivity index (χ4n) is 4.34. The zero-order chi connectivity index (χ0) is 18.7. The highest BCUT2D eigenvalue weighted by atomic mass is 16.6. The van der Waals surface area contributed by atoms with Crippen LogP contribution in [0.4, 0.5) is 0 Å². The first-order valence-corrected chi connectivity index (χ1v) is 9.67. The molecule has 0 radical (unpaired) electrons. The van der Waals surface area contributed by atoms with Crippen molar-refractivity contribution in [3.63, 3.8) is 0 Å². The first kappa shape index (κ1) is 18.0. The van der Waals surface area contributed by atoms with E-state index in [-0.39, 0.29) is 12.0 Å². The zero-order valence-corrected chi connectivity index (χ0v) is 15.7. The minimum atomic E-state index is -0.598. The molecule has 140 valence electrons. The molecule has 0 N–H and O–H groups in total. The fraction of sp³-hybridized carbons (Fsp3) is 0.435. The number of rotatable bonds is 3. The van der Waals surface area contributed by atoms with E-state index in [1.54, 1.807) is 6.08 Å². The molecular formula is C23H25NO3. The summed E-state index contributed by atoms with van der Waals surface area (Å²) in [6.45, 7) is 4.84. The van der Waals surface area contributed by atoms with Crippen LogP contribution in [0.3, 0.4) is 0 Å². The third-order valence-corrected chi connectivity index (χ3v) is 5.69. The first-order valence-electron chi connectivity index (χ1n) is 9.67. The van der Waals surface area contributed by atoms with E-state index in [0.717, 1.165) is 36.2 Å². The SMILES string of the molecule is CC12OC(=O)C=C1C(C#CCOCc1ccccc1)=CCN1CCCCC12. The van der Waals surface area contributed by atoms with E-state index in [1.165, 1.54) is 12.8 Å². The van der Waals surface area contributed by atoms with Gasteiger partial charge in [0.1, 0.15) is 6.61 Å². The van der Waals surface area contributed by atoms with Gasteiger partial charge < -0.3 is 9.47 Å². The van der Waals surface area contributed by atoms with Gasteiger partial charge >= 0.3 is 5.97 Å². The minimum Gasteiger partial charge on any atom is -0.450 e. The molecule has 2 atom stereocenters. The number of hydrogen-bond acceptors (Lipinski definition) is 4. The van der Waals surface area contributed by atoms with Crippen molar-refractivity contribution in [2.45, 2.75) is 44.4 Å². The van der Waals surface area contributed by atoms with Gasteiger partial charge in [-0.3, -0.25) is 4.90 Å². The van der Waals surface area contributed by atoms with Crippen molar-refractivity contribution >= 4 is 5.97 Å². The second-order valence-corrected chi connectivity index (χ2v) is 7.49. The van der Waals surface area contributed by atoms with Crippen molar-refractivity contribution in [1.29, 1.82) is 0 Å². The van der Waals surface area contributed by atoms with Crippen LogP contribution in [0.25, 0.3) is 0 Å². The molecule has 1 aromatic rings. The van der Waals surface area contributed by atoms with Crippen molar-refractivity contribution in [2.75, 3.05) is 19.7 Å². The van der Waals surface area contributed by atoms with E-state index in [1.807, 2.05) is 37.3 Å². The number of hydrogen-bond donors (Lipinski definition) is 0. The van der Waals surface area contributed by atoms with E-state index in [2.05, 4.69) is 22.8 Å². The summed E-state index contributed by atoms with van der Waals surface area (Å²) in [5.74, 6) is 6.09. The molecule has 0 aromatic heterocycles. The van der Waals surface area contributed by atoms with Gasteiger partial charge in [-0.15, -0.1) is 0 Å². The molecule has 0 aliphatic carbocycles. The van der Waals surface area contributed by atoms with Gasteiger partial charge in [-0.25, -0.2) is 4.79 Å². The predicted octanol–water partition coefficient (Wildman–Crippen LogP) is 3.24. The largest absolute Gasteiger partial charge is 0.450 e. The number of carbonyl (C=O) groups excluding carboxylic acids is 1. The summed E-state index contributed by atoms with van der Waals surface area (Å²) in [5.41, 5.74) is 2.37. The van der Waals surface area contributed by atoms with Gasteiger partial charge in [-0.1, -0.05) is 54.7 Å². The Balaban J connectivity index is 1.48. The summed E-state index contributed by atoms with van der Waals surface area (Å²) < 4.78 is 11.5. The molecule has 27 heavy (non-hydrogen) atoms. The average Bonchev–Trinajstić information content (AvgIpc) is 2.94. The number of ether oxygens (including phenoxy) is 2. The lowest BCUT2D eigenvalue weighted by Gasteiger charge is -2.43. The van der Waals surface area contributed by atoms with Crippen LogP contribution in [0.2, 0.25) is 0 Å². The Kier molecular flexibility index (Phi) is 5.15. The van der Waals surface area contributed by atoms with Gasteiger partial charge in [0.05, 0.1) is 12.6 Å². The van der Waals surface area contributed by atoms with Crippen LogP contribution in [0.15, 0.2) is 53.6 Å². The monoisotopic (exact) mass is 363 g/mol. The summed E-state index contributed by atoms with van der Waals surface area (Å²) in [5, 5.41) is 0. The molecule has 4 heteroatoms. The molecule has 2 unspecified atom stereocenters. The van der Waals surface area contributed by atoms with E-state index in [9.17, 15) is 4.79 Å². The lowest BCUT2D eigenvalue weighted by Crippen LogP contribution is -2.53. The second-order valence-electron chi connectivity index (χ2n) is 7.49. The Labute approximate surface area is 160 Å². The Morgan fingerprint density at radius 3 is 3.00 bits per heavy atom. The standard InChI is InChI=1S/C23H25NO3/c1-23-20(16-22(25)27-23)19(12-14-24-13-6-5-11-21(23)24)10-7-15-26-17-18-8-3-2-4-9-18/h2-4,8-9,12,16,21H,5-6,11,13-15,17H2,1H3. The molecule has 3 aliphatic heterocycles. The smallest absolute Gasteiger partial charge is 0.332 e. The van der Waals surface area contributed by atoms with Crippen LogP contribution >= 0.6 is 0 Å². The van der Waals surface area contributed by atoms with Crippen LogP contribution in [0.1, 0.15) is 31.7 Å². The van der Waals surface area contributed by atoms with E-state index >= 15 is 0 Å². The van der Waals surface area contributed by atoms with E-state index < -0.39 is 5.60 Å². The minimum absolute atomic E-state index is 0.230. The van der Waals surface area contributed by atoms with Gasteiger partial charge in [-0.05, 0) is 31.9 Å². The van der Waals surface area contributed by atoms with Crippen molar-refractivity contribution < 1.29 is 14.3 Å². The second kappa shape index (κ2) is 7.72. The number of nitrogens with zero attached hydrogens (tertiary/aromatic N) is 1. The topological polar surface area (TPSA) is 38.8 Å². The quantitative estimate of drug-likeness (QED) is 0.469. The van der Waals surface area contributed by atoms with Crippen LogP contribution in [-0.4, -0.2) is 42.2 Å². The Morgan fingerprint density at radius 1 is 1.30 bits per heavy atom. The summed E-state index contributed by atoms with van der Waals surface area (Å²) >= 11 is 0. The number of piperidine rings is 1. The number of benzene rings is 1. The zero-order valence-electron chi connectivity index (χ0n) is 15.7. The Morgan fingerprint density at radius 2 is 2.15 bits per heavy atom. The highest BCUT2D eigenvalue weighted by Crippen LogP contribution is 2.42. The van der Waals surface area contributed by atoms with Crippen molar-refractivity contribution in [1.82, 2.24) is 4.90 Å². The fourth-order valence-corrected chi connectivity index (χ4v) is 4.34. The molecule has 1 fully saturated rings. The highest BCUT2D eigenvalue weighted by Gasteiger charge is 2.50. The number of carbonyl (C=O) groups is 1. The molecule has 0 saturated carbocycles. The molecule has 0 spiro atoms. The van der Waals surface area contributed by atoms with Crippen LogP contribution in [-0.2, 0) is 20.9 Å². The van der Waals surface area contributed by atoms with Gasteiger partial charge in [0, 0.05) is 23.8 Å². The third kappa shape index (κ3) is 3.71. The molecule has 1 aromatic carbocycles. The summed E-state index contributed by atoms with van der Waals surface area (Å²) in [6.07, 6.45) is 7.19. The van der Waals surface area contributed by atoms with E-state index in [4.69, 9.17) is 9.47 Å². The lowest BCUT2D eigenvalue weighted by atomic mass is 9.81. The maximum absolute atomic E-state index is 12.1. The van der Waals surface area contributed by atoms with Crippen LogP contribution in [0, 0.1) is 11.8 Å². The molecular weight excluding hydrogens is 338 g/mol. The van der Waals surface area contributed by atoms with Gasteiger partial charge in [0.25, 0.3) is 0 Å². The molecule has 0 bridgehead atoms. The lowest BCUT2D eigenvalue weighted by molar-refractivity contribution is -0.150. The maximum atomic E-state index is 12.1. The van der Waals surface area contributed by atoms with Crippen LogP contribution < -0.4 is 0 Å². The summed E-state index contributed by atoms with van der Waals surface area (Å²) in [6, 6.07) is 10.3. The highest BCUT2D eigenvalue weighted by molar-refractivity contribution is 5.89. The third-order valence-electron chi connectivity index (χ3n) is 5.69. The number of esters is 1. The Hall–Kier alpha value is -2.35. The maximum Gasteiger partial charge on any atom is 0.332 e. The predicted molar refractivity (Wildman–Crippen MR) is 104 cm³/mol. The molecule has 4 nitrogen and oxygen atoms in total. The van der Waals surface area contributed by atoms with Crippen LogP contribution in [0.5, 0.6) is 0 Å². The van der Waals surface area contributed by atoms with Gasteiger partial charge in [0.2, 0.25) is 0 Å². The normalized spacial score (nSPS) is 27.3. The molecule has 1 saturated heterocycles. The van der Waals surface area contributed by atoms with Gasteiger partial charge in [0.15, 0.2) is 5.60 Å². The van der Waals surface area contributed by atoms with Gasteiger partial charge in [-0.2, -0.15) is 0 Å².